The predicted molar refractivity (Wildman–Crippen MR) is 93.7 cm³/mol. The first-order valence-electron chi connectivity index (χ1n) is 9.65. The zero-order valence-corrected chi connectivity index (χ0v) is 14.9. The number of nitrogens with one attached hydrogen (secondary N) is 2. The largest absolute Gasteiger partial charge is 0.359 e. The van der Waals surface area contributed by atoms with Crippen molar-refractivity contribution in [3.63, 3.8) is 0 Å². The molecule has 0 unspecified atom stereocenters. The van der Waals surface area contributed by atoms with E-state index >= 15 is 0 Å². The van der Waals surface area contributed by atoms with Gasteiger partial charge in [0.2, 0.25) is 5.91 Å². The fraction of sp³-hybridized carbons (Fsp3) is 0.889. The Bertz CT molecular complexity index is 442. The fourth-order valence-electron chi connectivity index (χ4n) is 4.48. The lowest BCUT2D eigenvalue weighted by Gasteiger charge is -2.32. The zero-order valence-electron chi connectivity index (χ0n) is 14.9. The third-order valence-electron chi connectivity index (χ3n) is 6.04. The predicted octanol–water partition coefficient (Wildman–Crippen LogP) is 1.56. The minimum atomic E-state index is 0.0895. The van der Waals surface area contributed by atoms with Gasteiger partial charge in [-0.2, -0.15) is 0 Å². The molecule has 6 heteroatoms. The summed E-state index contributed by atoms with van der Waals surface area (Å²) in [6.07, 6.45) is 8.92. The van der Waals surface area contributed by atoms with Crippen molar-refractivity contribution in [2.24, 2.45) is 5.92 Å². The molecule has 1 atom stereocenters. The summed E-state index contributed by atoms with van der Waals surface area (Å²) in [5.41, 5.74) is 0. The van der Waals surface area contributed by atoms with Crippen molar-refractivity contribution in [2.45, 2.75) is 63.5 Å². The highest BCUT2D eigenvalue weighted by Crippen LogP contribution is 2.26. The van der Waals surface area contributed by atoms with Gasteiger partial charge in [-0.1, -0.05) is 12.8 Å². The number of piperidine rings is 1. The third-order valence-corrected chi connectivity index (χ3v) is 6.04. The van der Waals surface area contributed by atoms with E-state index in [2.05, 4.69) is 15.5 Å². The Hall–Kier alpha value is -1.30. The van der Waals surface area contributed by atoms with Gasteiger partial charge in [0.1, 0.15) is 0 Å². The second kappa shape index (κ2) is 8.19. The van der Waals surface area contributed by atoms with Gasteiger partial charge in [-0.15, -0.1) is 0 Å². The number of hydrogen-bond donors (Lipinski definition) is 2. The lowest BCUT2D eigenvalue weighted by atomic mass is 9.93. The number of nitrogens with zero attached hydrogens (tertiary/aromatic N) is 2. The van der Waals surface area contributed by atoms with Gasteiger partial charge in [0.25, 0.3) is 0 Å². The Balaban J connectivity index is 1.38. The monoisotopic (exact) mass is 336 g/mol. The molecule has 2 saturated heterocycles. The molecule has 3 fully saturated rings. The van der Waals surface area contributed by atoms with E-state index < -0.39 is 0 Å². The minimum absolute atomic E-state index is 0.0895. The first-order valence-corrected chi connectivity index (χ1v) is 9.65. The Morgan fingerprint density at radius 3 is 2.38 bits per heavy atom. The molecule has 24 heavy (non-hydrogen) atoms. The molecule has 1 saturated carbocycles. The molecule has 3 amide bonds. The molecular weight excluding hydrogens is 304 g/mol. The minimum Gasteiger partial charge on any atom is -0.359 e. The molecule has 0 bridgehead atoms. The average molecular weight is 336 g/mol. The Morgan fingerprint density at radius 2 is 1.71 bits per heavy atom. The number of amides is 3. The SMILES string of the molecule is CNC(=O)CC1CCN(C(=O)N[C@@H]2CCN(C3CCCC3)C2)CC1. The topological polar surface area (TPSA) is 64.7 Å². The Morgan fingerprint density at radius 1 is 1.00 bits per heavy atom. The smallest absolute Gasteiger partial charge is 0.317 e. The van der Waals surface area contributed by atoms with Crippen molar-refractivity contribution in [1.29, 1.82) is 0 Å². The van der Waals surface area contributed by atoms with E-state index in [1.807, 2.05) is 4.90 Å². The molecule has 2 N–H and O–H groups in total. The summed E-state index contributed by atoms with van der Waals surface area (Å²) in [6, 6.07) is 1.15. The molecule has 3 rings (SSSR count). The summed E-state index contributed by atoms with van der Waals surface area (Å²) < 4.78 is 0. The van der Waals surface area contributed by atoms with Crippen molar-refractivity contribution in [3.8, 4) is 0 Å². The summed E-state index contributed by atoms with van der Waals surface area (Å²) in [4.78, 5) is 28.4. The van der Waals surface area contributed by atoms with Crippen LogP contribution in [0.2, 0.25) is 0 Å². The summed E-state index contributed by atoms with van der Waals surface area (Å²) in [7, 11) is 1.68. The van der Waals surface area contributed by atoms with Crippen LogP contribution in [-0.4, -0.2) is 67.0 Å². The van der Waals surface area contributed by atoms with Crippen LogP contribution in [0.1, 0.15) is 51.4 Å². The van der Waals surface area contributed by atoms with E-state index in [-0.39, 0.29) is 11.9 Å². The van der Waals surface area contributed by atoms with E-state index in [0.717, 1.165) is 51.5 Å². The number of carbonyl (C=O) groups excluding carboxylic acids is 2. The molecular formula is C18H32N4O2. The van der Waals surface area contributed by atoms with E-state index in [9.17, 15) is 9.59 Å². The van der Waals surface area contributed by atoms with Gasteiger partial charge in [0.05, 0.1) is 0 Å². The molecule has 0 spiro atoms. The van der Waals surface area contributed by atoms with Crippen LogP contribution in [0.15, 0.2) is 0 Å². The number of carbonyl (C=O) groups is 2. The van der Waals surface area contributed by atoms with Crippen LogP contribution in [0.25, 0.3) is 0 Å². The molecule has 0 aromatic rings. The standard InChI is InChI=1S/C18H32N4O2/c1-19-17(23)12-14-6-9-21(10-7-14)18(24)20-15-8-11-22(13-15)16-4-2-3-5-16/h14-16H,2-13H2,1H3,(H,19,23)(H,20,24)/t15-/m1/s1. The van der Waals surface area contributed by atoms with E-state index in [0.29, 0.717) is 18.4 Å². The number of likely N-dealkylation sites (tertiary alicyclic amines) is 2. The molecule has 2 aliphatic heterocycles. The van der Waals surface area contributed by atoms with Gasteiger partial charge in [-0.25, -0.2) is 4.79 Å². The number of rotatable bonds is 4. The zero-order chi connectivity index (χ0) is 16.9. The summed E-state index contributed by atoms with van der Waals surface area (Å²) in [6.45, 7) is 3.69. The second-order valence-electron chi connectivity index (χ2n) is 7.68. The molecule has 1 aliphatic carbocycles. The molecule has 0 aromatic heterocycles. The van der Waals surface area contributed by atoms with Gasteiger partial charge in [-0.3, -0.25) is 9.69 Å². The van der Waals surface area contributed by atoms with Crippen LogP contribution in [0.4, 0.5) is 4.79 Å². The first kappa shape index (κ1) is 17.5. The van der Waals surface area contributed by atoms with Crippen LogP contribution >= 0.6 is 0 Å². The van der Waals surface area contributed by atoms with Crippen LogP contribution in [0.3, 0.4) is 0 Å². The number of hydrogen-bond acceptors (Lipinski definition) is 3. The normalized spacial score (nSPS) is 26.7. The highest BCUT2D eigenvalue weighted by atomic mass is 16.2. The lowest BCUT2D eigenvalue weighted by molar-refractivity contribution is -0.121. The van der Waals surface area contributed by atoms with Crippen LogP contribution in [-0.2, 0) is 4.79 Å². The highest BCUT2D eigenvalue weighted by Gasteiger charge is 2.32. The quantitative estimate of drug-likeness (QED) is 0.819. The highest BCUT2D eigenvalue weighted by molar-refractivity contribution is 5.76. The molecule has 2 heterocycles. The van der Waals surface area contributed by atoms with Crippen molar-refractivity contribution in [1.82, 2.24) is 20.4 Å². The van der Waals surface area contributed by atoms with Crippen LogP contribution in [0.5, 0.6) is 0 Å². The molecule has 136 valence electrons. The maximum absolute atomic E-state index is 12.5. The lowest BCUT2D eigenvalue weighted by Crippen LogP contribution is -2.49. The van der Waals surface area contributed by atoms with E-state index in [1.165, 1.54) is 25.7 Å². The Labute approximate surface area is 145 Å². The number of urea groups is 1. The summed E-state index contributed by atoms with van der Waals surface area (Å²) in [5.74, 6) is 0.522. The molecule has 0 aromatic carbocycles. The molecule has 0 radical (unpaired) electrons. The maximum atomic E-state index is 12.5. The second-order valence-corrected chi connectivity index (χ2v) is 7.68. The van der Waals surface area contributed by atoms with Gasteiger partial charge >= 0.3 is 6.03 Å². The Kier molecular flexibility index (Phi) is 5.98. The van der Waals surface area contributed by atoms with Gasteiger partial charge < -0.3 is 15.5 Å². The molecule has 6 nitrogen and oxygen atoms in total. The van der Waals surface area contributed by atoms with Crippen molar-refractivity contribution in [2.75, 3.05) is 33.2 Å². The van der Waals surface area contributed by atoms with Gasteiger partial charge in [0, 0.05) is 51.7 Å². The van der Waals surface area contributed by atoms with Gasteiger partial charge in [0.15, 0.2) is 0 Å². The average Bonchev–Trinajstić information content (AvgIpc) is 3.26. The summed E-state index contributed by atoms with van der Waals surface area (Å²) >= 11 is 0. The fourth-order valence-corrected chi connectivity index (χ4v) is 4.48. The van der Waals surface area contributed by atoms with E-state index in [4.69, 9.17) is 0 Å². The van der Waals surface area contributed by atoms with Crippen LogP contribution in [0, 0.1) is 5.92 Å². The molecule has 3 aliphatic rings. The third kappa shape index (κ3) is 4.41. The van der Waals surface area contributed by atoms with Crippen molar-refractivity contribution in [3.05, 3.63) is 0 Å². The summed E-state index contributed by atoms with van der Waals surface area (Å²) in [5, 5.41) is 5.92. The van der Waals surface area contributed by atoms with Gasteiger partial charge in [-0.05, 0) is 38.0 Å². The van der Waals surface area contributed by atoms with Crippen molar-refractivity contribution >= 4 is 11.9 Å². The van der Waals surface area contributed by atoms with E-state index in [1.54, 1.807) is 7.05 Å². The van der Waals surface area contributed by atoms with Crippen LogP contribution < -0.4 is 10.6 Å². The van der Waals surface area contributed by atoms with Crippen molar-refractivity contribution < 1.29 is 9.59 Å². The maximum Gasteiger partial charge on any atom is 0.317 e. The first-order chi connectivity index (χ1) is 11.7.